The van der Waals surface area contributed by atoms with Crippen LogP contribution in [0.3, 0.4) is 0 Å². The van der Waals surface area contributed by atoms with E-state index in [0.29, 0.717) is 24.6 Å². The van der Waals surface area contributed by atoms with Crippen molar-refractivity contribution >= 4 is 17.2 Å². The number of benzene rings is 2. The summed E-state index contributed by atoms with van der Waals surface area (Å²) in [6, 6.07) is 17.6. The van der Waals surface area contributed by atoms with Gasteiger partial charge in [0.2, 0.25) is 6.10 Å². The average molecular weight is 380 g/mol. The Kier molecular flexibility index (Phi) is 5.34. The first-order chi connectivity index (χ1) is 13.3. The van der Waals surface area contributed by atoms with Crippen molar-refractivity contribution in [1.82, 2.24) is 9.88 Å². The fraction of sp³-hybridized carbons (Fsp3) is 0.238. The highest BCUT2D eigenvalue weighted by Gasteiger charge is 2.31. The van der Waals surface area contributed by atoms with E-state index in [0.717, 1.165) is 11.4 Å². The van der Waals surface area contributed by atoms with Gasteiger partial charge in [-0.3, -0.25) is 4.79 Å². The van der Waals surface area contributed by atoms with Crippen molar-refractivity contribution in [3.05, 3.63) is 76.7 Å². The number of carbonyl (C=O) groups is 1. The van der Waals surface area contributed by atoms with Crippen LogP contribution in [0.25, 0.3) is 0 Å². The Balaban J connectivity index is 1.48. The summed E-state index contributed by atoms with van der Waals surface area (Å²) < 4.78 is 11.6. The minimum absolute atomic E-state index is 0.0735. The number of ether oxygens (including phenoxy) is 2. The van der Waals surface area contributed by atoms with Crippen LogP contribution in [0.1, 0.15) is 10.6 Å². The van der Waals surface area contributed by atoms with E-state index in [1.807, 2.05) is 52.7 Å². The second kappa shape index (κ2) is 8.22. The van der Waals surface area contributed by atoms with Gasteiger partial charge in [-0.1, -0.05) is 42.5 Å². The second-order valence-electron chi connectivity index (χ2n) is 6.29. The number of fused-ring (bicyclic) bond motifs is 1. The van der Waals surface area contributed by atoms with Crippen molar-refractivity contribution in [2.24, 2.45) is 0 Å². The highest BCUT2D eigenvalue weighted by atomic mass is 32.1. The summed E-state index contributed by atoms with van der Waals surface area (Å²) in [5, 5.41) is 2.83. The van der Waals surface area contributed by atoms with Gasteiger partial charge in [0.05, 0.1) is 6.54 Å². The lowest BCUT2D eigenvalue weighted by Crippen LogP contribution is -2.46. The van der Waals surface area contributed by atoms with Gasteiger partial charge in [-0.25, -0.2) is 4.98 Å². The molecule has 1 aromatic heterocycles. The van der Waals surface area contributed by atoms with Crippen LogP contribution in [0, 0.1) is 0 Å². The Morgan fingerprint density at radius 2 is 1.89 bits per heavy atom. The van der Waals surface area contributed by atoms with Crippen LogP contribution in [-0.2, 0) is 17.8 Å². The van der Waals surface area contributed by atoms with Gasteiger partial charge in [0.1, 0.15) is 11.6 Å². The van der Waals surface area contributed by atoms with E-state index in [4.69, 9.17) is 9.47 Å². The van der Waals surface area contributed by atoms with Crippen LogP contribution in [0.4, 0.5) is 0 Å². The van der Waals surface area contributed by atoms with Crippen molar-refractivity contribution in [2.45, 2.75) is 19.1 Å². The molecule has 0 radical (unpaired) electrons. The molecule has 0 N–H and O–H groups in total. The number of rotatable bonds is 6. The largest absolute Gasteiger partial charge is 0.485 e. The molecule has 0 saturated heterocycles. The van der Waals surface area contributed by atoms with Crippen molar-refractivity contribution in [2.75, 3.05) is 13.2 Å². The summed E-state index contributed by atoms with van der Waals surface area (Å²) in [6.45, 7) is 1.30. The molecule has 0 spiro atoms. The van der Waals surface area contributed by atoms with Gasteiger partial charge in [0.25, 0.3) is 5.91 Å². The zero-order valence-corrected chi connectivity index (χ0v) is 15.6. The van der Waals surface area contributed by atoms with Crippen molar-refractivity contribution in [3.8, 4) is 11.5 Å². The summed E-state index contributed by atoms with van der Waals surface area (Å²) >= 11 is 1.55. The number of thiazole rings is 1. The summed E-state index contributed by atoms with van der Waals surface area (Å²) in [4.78, 5) is 19.3. The Morgan fingerprint density at radius 1 is 1.11 bits per heavy atom. The van der Waals surface area contributed by atoms with E-state index in [1.54, 1.807) is 17.5 Å². The molecule has 2 aromatic carbocycles. The Bertz CT molecular complexity index is 883. The lowest BCUT2D eigenvalue weighted by Gasteiger charge is -2.30. The van der Waals surface area contributed by atoms with Crippen LogP contribution >= 0.6 is 11.3 Å². The van der Waals surface area contributed by atoms with Crippen molar-refractivity contribution in [1.29, 1.82) is 0 Å². The molecule has 1 amide bonds. The van der Waals surface area contributed by atoms with Gasteiger partial charge in [0.15, 0.2) is 11.5 Å². The number of carbonyl (C=O) groups excluding carboxylic acids is 1. The summed E-state index contributed by atoms with van der Waals surface area (Å²) in [6.07, 6.45) is 1.90. The molecule has 138 valence electrons. The molecule has 2 heterocycles. The topological polar surface area (TPSA) is 51.7 Å². The van der Waals surface area contributed by atoms with E-state index in [2.05, 4.69) is 17.1 Å². The lowest BCUT2D eigenvalue weighted by atomic mass is 10.1. The molecule has 0 aliphatic carbocycles. The molecule has 4 rings (SSSR count). The average Bonchev–Trinajstić information content (AvgIpc) is 3.24. The first-order valence-electron chi connectivity index (χ1n) is 8.89. The molecule has 3 aromatic rings. The Morgan fingerprint density at radius 3 is 2.67 bits per heavy atom. The third-order valence-electron chi connectivity index (χ3n) is 4.42. The molecule has 0 fully saturated rings. The number of hydrogen-bond donors (Lipinski definition) is 0. The molecule has 1 atom stereocenters. The molecule has 0 unspecified atom stereocenters. The van der Waals surface area contributed by atoms with E-state index in [-0.39, 0.29) is 12.5 Å². The standard InChI is InChI=1S/C21H20N2O3S/c24-21(19-15-25-17-8-4-5-9-18(17)26-19)23(14-20-22-11-13-27-20)12-10-16-6-2-1-3-7-16/h1-9,11,13,19H,10,12,14-15H2/t19-/m1/s1. The maximum atomic E-state index is 13.2. The molecule has 6 heteroatoms. The number of amides is 1. The third-order valence-corrected chi connectivity index (χ3v) is 5.18. The van der Waals surface area contributed by atoms with E-state index < -0.39 is 6.10 Å². The SMILES string of the molecule is O=C([C@H]1COc2ccccc2O1)N(CCc1ccccc1)Cc1nccs1. The number of nitrogens with zero attached hydrogens (tertiary/aromatic N) is 2. The van der Waals surface area contributed by atoms with E-state index >= 15 is 0 Å². The molecular weight excluding hydrogens is 360 g/mol. The van der Waals surface area contributed by atoms with Crippen LogP contribution in [0.15, 0.2) is 66.2 Å². The maximum Gasteiger partial charge on any atom is 0.267 e. The quantitative estimate of drug-likeness (QED) is 0.656. The Labute approximate surface area is 162 Å². The second-order valence-corrected chi connectivity index (χ2v) is 7.26. The number of aromatic nitrogens is 1. The maximum absolute atomic E-state index is 13.2. The summed E-state index contributed by atoms with van der Waals surface area (Å²) in [5.74, 6) is 1.22. The predicted octanol–water partition coefficient (Wildman–Crippen LogP) is 3.55. The van der Waals surface area contributed by atoms with Crippen LogP contribution in [0.5, 0.6) is 11.5 Å². The van der Waals surface area contributed by atoms with Crippen LogP contribution in [0.2, 0.25) is 0 Å². The number of hydrogen-bond acceptors (Lipinski definition) is 5. The fourth-order valence-corrected chi connectivity index (χ4v) is 3.65. The molecule has 1 aliphatic rings. The molecule has 5 nitrogen and oxygen atoms in total. The lowest BCUT2D eigenvalue weighted by molar-refractivity contribution is -0.141. The summed E-state index contributed by atoms with van der Waals surface area (Å²) in [5.41, 5.74) is 1.19. The van der Waals surface area contributed by atoms with Gasteiger partial charge < -0.3 is 14.4 Å². The minimum atomic E-state index is -0.643. The predicted molar refractivity (Wildman–Crippen MR) is 104 cm³/mol. The number of para-hydroxylation sites is 2. The molecule has 1 aliphatic heterocycles. The van der Waals surface area contributed by atoms with Crippen molar-refractivity contribution in [3.63, 3.8) is 0 Å². The van der Waals surface area contributed by atoms with Gasteiger partial charge in [0, 0.05) is 18.1 Å². The highest BCUT2D eigenvalue weighted by Crippen LogP contribution is 2.31. The monoisotopic (exact) mass is 380 g/mol. The normalized spacial score (nSPS) is 15.3. The minimum Gasteiger partial charge on any atom is -0.485 e. The van der Waals surface area contributed by atoms with Crippen LogP contribution in [-0.4, -0.2) is 35.0 Å². The zero-order chi connectivity index (χ0) is 18.5. The van der Waals surface area contributed by atoms with Gasteiger partial charge >= 0.3 is 0 Å². The van der Waals surface area contributed by atoms with Crippen molar-refractivity contribution < 1.29 is 14.3 Å². The molecule has 0 bridgehead atoms. The van der Waals surface area contributed by atoms with Gasteiger partial charge in [-0.05, 0) is 24.1 Å². The van der Waals surface area contributed by atoms with Crippen LogP contribution < -0.4 is 9.47 Å². The van der Waals surface area contributed by atoms with E-state index in [9.17, 15) is 4.79 Å². The first-order valence-corrected chi connectivity index (χ1v) is 9.77. The Hall–Kier alpha value is -2.86. The molecule has 0 saturated carbocycles. The van der Waals surface area contributed by atoms with Gasteiger partial charge in [-0.2, -0.15) is 0 Å². The first kappa shape index (κ1) is 17.5. The zero-order valence-electron chi connectivity index (χ0n) is 14.8. The fourth-order valence-electron chi connectivity index (χ4n) is 3.02. The highest BCUT2D eigenvalue weighted by molar-refractivity contribution is 7.09. The third kappa shape index (κ3) is 4.28. The molecular formula is C21H20N2O3S. The van der Waals surface area contributed by atoms with E-state index in [1.165, 1.54) is 5.56 Å². The smallest absolute Gasteiger partial charge is 0.267 e. The molecule has 27 heavy (non-hydrogen) atoms. The summed E-state index contributed by atoms with van der Waals surface area (Å²) in [7, 11) is 0. The van der Waals surface area contributed by atoms with Gasteiger partial charge in [-0.15, -0.1) is 11.3 Å².